The van der Waals surface area contributed by atoms with Crippen molar-refractivity contribution in [2.45, 2.75) is 0 Å². The van der Waals surface area contributed by atoms with E-state index in [1.165, 1.54) is 0 Å². The summed E-state index contributed by atoms with van der Waals surface area (Å²) in [7, 11) is -10.8. The van der Waals surface area contributed by atoms with Crippen LogP contribution in [-0.2, 0) is 27.7 Å². The number of rotatable bonds is 0. The summed E-state index contributed by atoms with van der Waals surface area (Å²) in [4.78, 5) is 51.3. The molecule has 8 nitrogen and oxygen atoms in total. The van der Waals surface area contributed by atoms with Gasteiger partial charge in [-0.1, -0.05) is 0 Å². The third-order valence-electron chi connectivity index (χ3n) is 0. The van der Waals surface area contributed by atoms with Gasteiger partial charge >= 0.3 is 18.9 Å². The largest absolute Gasteiger partial charge is 1.00 e. The zero-order chi connectivity index (χ0) is 9.00. The van der Waals surface area contributed by atoms with Gasteiger partial charge in [0.25, 0.3) is 0 Å². The molecule has 0 aromatic rings. The van der Waals surface area contributed by atoms with E-state index >= 15 is 0 Å². The molecule has 12 heteroatoms. The van der Waals surface area contributed by atoms with E-state index in [-0.39, 0.29) is 37.4 Å². The van der Waals surface area contributed by atoms with Crippen molar-refractivity contribution >= 4 is 15.6 Å². The second kappa shape index (κ2) is 8.98. The van der Waals surface area contributed by atoms with Crippen molar-refractivity contribution in [2.75, 3.05) is 0 Å². The summed E-state index contributed by atoms with van der Waals surface area (Å²) >= 11 is 0. The van der Waals surface area contributed by atoms with Gasteiger partial charge in [0.2, 0.25) is 0 Å². The van der Waals surface area contributed by atoms with E-state index in [9.17, 15) is 0 Å². The Kier molecular flexibility index (Phi) is 17.4. The Labute approximate surface area is 91.6 Å². The number of hydrogen-bond acceptors (Lipinski definition) is 8. The fourth-order valence-electron chi connectivity index (χ4n) is 0. The molecule has 0 aliphatic rings. The van der Waals surface area contributed by atoms with Gasteiger partial charge in [-0.15, -0.1) is 0 Å². The topological polar surface area (TPSA) is 172 Å². The maximum atomic E-state index is 8.55. The molecular formula is LiO8P2V-5. The van der Waals surface area contributed by atoms with Crippen LogP contribution < -0.4 is 48.2 Å². The molecule has 0 spiro atoms. The van der Waals surface area contributed by atoms with Crippen molar-refractivity contribution in [1.29, 1.82) is 0 Å². The molecule has 0 rings (SSSR count). The van der Waals surface area contributed by atoms with Crippen molar-refractivity contribution in [3.8, 4) is 0 Å². The minimum Gasteiger partial charge on any atom is -0.822 e. The van der Waals surface area contributed by atoms with E-state index in [0.29, 0.717) is 0 Å². The van der Waals surface area contributed by atoms with Gasteiger partial charge in [0, 0.05) is 18.6 Å². The molecule has 0 N–H and O–H groups in total. The maximum absolute atomic E-state index is 8.55. The van der Waals surface area contributed by atoms with Crippen LogP contribution in [0.2, 0.25) is 0 Å². The molecule has 0 aromatic carbocycles. The van der Waals surface area contributed by atoms with Crippen LogP contribution in [0.3, 0.4) is 0 Å². The molecule has 0 heterocycles. The smallest absolute Gasteiger partial charge is 0.822 e. The molecule has 0 bridgehead atoms. The van der Waals surface area contributed by atoms with Crippen LogP contribution in [0.5, 0.6) is 0 Å². The second-order valence-corrected chi connectivity index (χ2v) is 2.68. The Balaban J connectivity index is -0.0000000457. The van der Waals surface area contributed by atoms with Crippen LogP contribution in [0, 0.1) is 0 Å². The van der Waals surface area contributed by atoms with Crippen LogP contribution in [0.1, 0.15) is 0 Å². The van der Waals surface area contributed by atoms with Crippen molar-refractivity contribution in [3.63, 3.8) is 0 Å². The van der Waals surface area contributed by atoms with Crippen molar-refractivity contribution in [2.24, 2.45) is 0 Å². The molecule has 0 atom stereocenters. The standard InChI is InChI=1S/Li.2H3O4P.V/c;2*1-5(2,3)4;/h;2*(H3,1,2,3,4);/q+1;;;/p-6. The van der Waals surface area contributed by atoms with E-state index < -0.39 is 15.6 Å². The Bertz CT molecular complexity index is 129. The van der Waals surface area contributed by atoms with Gasteiger partial charge in [-0.25, -0.2) is 0 Å². The molecule has 0 saturated heterocycles. The summed E-state index contributed by atoms with van der Waals surface area (Å²) < 4.78 is 17.1. The summed E-state index contributed by atoms with van der Waals surface area (Å²) in [5.41, 5.74) is 0. The minimum atomic E-state index is -5.39. The summed E-state index contributed by atoms with van der Waals surface area (Å²) in [6.45, 7) is 0. The molecule has 0 saturated carbocycles. The normalized spacial score (nSPS) is 9.83. The quantitative estimate of drug-likeness (QED) is 0.300. The van der Waals surface area contributed by atoms with Gasteiger partial charge in [-0.3, -0.25) is 0 Å². The van der Waals surface area contributed by atoms with Crippen LogP contribution in [0.25, 0.3) is 0 Å². The first kappa shape index (κ1) is 23.3. The molecule has 0 aliphatic carbocycles. The fourth-order valence-corrected chi connectivity index (χ4v) is 0. The van der Waals surface area contributed by atoms with Gasteiger partial charge in [-0.05, 0) is 0 Å². The molecular weight excluding hydrogens is 248 g/mol. The van der Waals surface area contributed by atoms with E-state index in [1.807, 2.05) is 0 Å². The van der Waals surface area contributed by atoms with E-state index in [4.69, 9.17) is 38.5 Å². The Morgan fingerprint density at radius 1 is 0.667 bits per heavy atom. The Hall–Kier alpha value is 1.40. The molecule has 1 radical (unpaired) electrons. The Morgan fingerprint density at radius 3 is 0.667 bits per heavy atom. The second-order valence-electron chi connectivity index (χ2n) is 0.894. The first-order chi connectivity index (χ1) is 4.00. The van der Waals surface area contributed by atoms with Crippen molar-refractivity contribution in [1.82, 2.24) is 0 Å². The van der Waals surface area contributed by atoms with E-state index in [0.717, 1.165) is 0 Å². The average molecular weight is 248 g/mol. The van der Waals surface area contributed by atoms with Gasteiger partial charge in [0.05, 0.1) is 0 Å². The number of hydrogen-bond donors (Lipinski definition) is 0. The monoisotopic (exact) mass is 248 g/mol. The van der Waals surface area contributed by atoms with Crippen LogP contribution in [0.15, 0.2) is 0 Å². The maximum Gasteiger partial charge on any atom is 1.00 e. The van der Waals surface area contributed by atoms with Crippen molar-refractivity contribution in [3.05, 3.63) is 0 Å². The predicted molar refractivity (Wildman–Crippen MR) is 15.2 cm³/mol. The summed E-state index contributed by atoms with van der Waals surface area (Å²) in [6, 6.07) is 0. The number of phosphoric acid groups is 2. The zero-order valence-corrected chi connectivity index (χ0v) is 8.79. The molecule has 0 aromatic heterocycles. The first-order valence-corrected chi connectivity index (χ1v) is 4.38. The average Bonchev–Trinajstić information content (AvgIpc) is 1.12. The van der Waals surface area contributed by atoms with Crippen LogP contribution in [0.4, 0.5) is 0 Å². The minimum absolute atomic E-state index is 0. The molecule has 0 amide bonds. The van der Waals surface area contributed by atoms with Crippen LogP contribution in [-0.4, -0.2) is 0 Å². The summed E-state index contributed by atoms with van der Waals surface area (Å²) in [5.74, 6) is 0. The summed E-state index contributed by atoms with van der Waals surface area (Å²) in [5, 5.41) is 0. The fraction of sp³-hybridized carbons (Fsp3) is 0. The van der Waals surface area contributed by atoms with Crippen LogP contribution >= 0.6 is 15.6 Å². The third-order valence-corrected chi connectivity index (χ3v) is 0. The SMILES string of the molecule is O=P([O-])([O-])[O-].O=P([O-])([O-])[O-].[Li+].[V]. The predicted octanol–water partition coefficient (Wildman–Crippen LogP) is -8.65. The van der Waals surface area contributed by atoms with E-state index in [1.54, 1.807) is 0 Å². The third kappa shape index (κ3) is 628. The van der Waals surface area contributed by atoms with Gasteiger partial charge in [0.1, 0.15) is 0 Å². The molecule has 69 valence electrons. The van der Waals surface area contributed by atoms with Crippen molar-refractivity contribution < 1.29 is 75.9 Å². The molecule has 0 aliphatic heterocycles. The van der Waals surface area contributed by atoms with Gasteiger partial charge < -0.3 is 38.5 Å². The van der Waals surface area contributed by atoms with Gasteiger partial charge in [0.15, 0.2) is 0 Å². The Morgan fingerprint density at radius 2 is 0.667 bits per heavy atom. The molecule has 0 fully saturated rings. The first-order valence-electron chi connectivity index (χ1n) is 1.46. The van der Waals surface area contributed by atoms with Gasteiger partial charge in [-0.2, -0.15) is 15.6 Å². The summed E-state index contributed by atoms with van der Waals surface area (Å²) in [6.07, 6.45) is 0. The molecule has 12 heavy (non-hydrogen) atoms. The van der Waals surface area contributed by atoms with E-state index in [2.05, 4.69) is 0 Å². The molecule has 0 unspecified atom stereocenters. The zero-order valence-electron chi connectivity index (χ0n) is 5.61.